The second kappa shape index (κ2) is 6.36. The summed E-state index contributed by atoms with van der Waals surface area (Å²) in [6, 6.07) is 1.07. The van der Waals surface area contributed by atoms with Crippen molar-refractivity contribution in [2.24, 2.45) is 0 Å². The van der Waals surface area contributed by atoms with E-state index in [9.17, 15) is 18.0 Å². The van der Waals surface area contributed by atoms with Crippen LogP contribution in [0, 0.1) is 0 Å². The number of pyridine rings is 1. The summed E-state index contributed by atoms with van der Waals surface area (Å²) >= 11 is 0. The van der Waals surface area contributed by atoms with E-state index in [0.29, 0.717) is 19.2 Å². The Morgan fingerprint density at radius 3 is 2.68 bits per heavy atom. The van der Waals surface area contributed by atoms with Gasteiger partial charge in [-0.15, -0.1) is 0 Å². The van der Waals surface area contributed by atoms with Gasteiger partial charge in [-0.25, -0.2) is 0 Å². The average molecular weight is 272 g/mol. The third kappa shape index (κ3) is 4.73. The first-order chi connectivity index (χ1) is 8.82. The van der Waals surface area contributed by atoms with Crippen molar-refractivity contribution in [2.45, 2.75) is 26.4 Å². The maximum atomic E-state index is 12.7. The lowest BCUT2D eigenvalue weighted by Crippen LogP contribution is -2.27. The fraction of sp³-hybridized carbons (Fsp3) is 0.385. The Bertz CT molecular complexity index is 477. The summed E-state index contributed by atoms with van der Waals surface area (Å²) in [6.45, 7) is 4.11. The number of alkyl halides is 3. The van der Waals surface area contributed by atoms with E-state index >= 15 is 0 Å². The normalized spacial score (nSPS) is 11.0. The maximum absolute atomic E-state index is 12.7. The summed E-state index contributed by atoms with van der Waals surface area (Å²) in [4.78, 5) is 15.1. The van der Waals surface area contributed by atoms with Crippen LogP contribution in [-0.4, -0.2) is 17.4 Å². The molecule has 0 aliphatic heterocycles. The molecule has 0 unspecified atom stereocenters. The third-order valence-corrected chi connectivity index (χ3v) is 2.35. The largest absolute Gasteiger partial charge is 0.418 e. The number of carbonyl (C=O) groups excluding carboxylic acids is 1. The van der Waals surface area contributed by atoms with Crippen LogP contribution in [0.3, 0.4) is 0 Å². The summed E-state index contributed by atoms with van der Waals surface area (Å²) in [5.74, 6) is -0.739. The molecule has 1 heterocycles. The van der Waals surface area contributed by atoms with Gasteiger partial charge in [-0.2, -0.15) is 13.2 Å². The summed E-state index contributed by atoms with van der Waals surface area (Å²) in [6.07, 6.45) is -0.274. The van der Waals surface area contributed by atoms with Gasteiger partial charge in [0.05, 0.1) is 11.1 Å². The number of amides is 1. The maximum Gasteiger partial charge on any atom is 0.418 e. The lowest BCUT2D eigenvalue weighted by atomic mass is 10.1. The zero-order valence-electron chi connectivity index (χ0n) is 10.7. The molecule has 0 fully saturated rings. The smallest absolute Gasteiger partial charge is 0.352 e. The number of hydrogen-bond acceptors (Lipinski definition) is 2. The van der Waals surface area contributed by atoms with Crippen LogP contribution in [0.4, 0.5) is 13.2 Å². The van der Waals surface area contributed by atoms with Crippen molar-refractivity contribution >= 4 is 5.91 Å². The molecular weight excluding hydrogens is 257 g/mol. The molecule has 1 aromatic heterocycles. The summed E-state index contributed by atoms with van der Waals surface area (Å²) in [5, 5.41) is 2.46. The van der Waals surface area contributed by atoms with Gasteiger partial charge in [0.1, 0.15) is 0 Å². The second-order valence-electron chi connectivity index (χ2n) is 4.25. The number of carbonyl (C=O) groups is 1. The highest BCUT2D eigenvalue weighted by Crippen LogP contribution is 2.31. The summed E-state index contributed by atoms with van der Waals surface area (Å²) in [7, 11) is 0. The van der Waals surface area contributed by atoms with Crippen molar-refractivity contribution < 1.29 is 18.0 Å². The highest BCUT2D eigenvalue weighted by atomic mass is 19.4. The minimum Gasteiger partial charge on any atom is -0.352 e. The number of allylic oxidation sites excluding steroid dienone is 1. The molecule has 0 bridgehead atoms. The predicted octanol–water partition coefficient (Wildman–Crippen LogP) is 3.19. The molecule has 0 saturated carbocycles. The first kappa shape index (κ1) is 15.2. The molecule has 19 heavy (non-hydrogen) atoms. The van der Waals surface area contributed by atoms with Crippen LogP contribution in [0.1, 0.15) is 36.2 Å². The minimum absolute atomic E-state index is 0.295. The lowest BCUT2D eigenvalue weighted by molar-refractivity contribution is -0.138. The highest BCUT2D eigenvalue weighted by Gasteiger charge is 2.35. The zero-order chi connectivity index (χ0) is 14.5. The molecule has 1 rings (SSSR count). The molecule has 0 radical (unpaired) electrons. The highest BCUT2D eigenvalue weighted by molar-refractivity contribution is 5.95. The van der Waals surface area contributed by atoms with Crippen LogP contribution in [0.5, 0.6) is 0 Å². The van der Waals surface area contributed by atoms with Crippen molar-refractivity contribution in [3.8, 4) is 0 Å². The van der Waals surface area contributed by atoms with Crippen molar-refractivity contribution in [1.29, 1.82) is 0 Å². The van der Waals surface area contributed by atoms with E-state index in [-0.39, 0.29) is 0 Å². The van der Waals surface area contributed by atoms with Gasteiger partial charge in [-0.05, 0) is 26.3 Å². The van der Waals surface area contributed by atoms with E-state index in [1.165, 1.54) is 6.20 Å². The quantitative estimate of drug-likeness (QED) is 0.675. The molecule has 1 aromatic rings. The average Bonchev–Trinajstić information content (AvgIpc) is 2.33. The summed E-state index contributed by atoms with van der Waals surface area (Å²) in [5.41, 5.74) is -0.330. The van der Waals surface area contributed by atoms with E-state index < -0.39 is 23.2 Å². The van der Waals surface area contributed by atoms with Crippen molar-refractivity contribution in [1.82, 2.24) is 10.3 Å². The number of rotatable bonds is 4. The van der Waals surface area contributed by atoms with Crippen LogP contribution >= 0.6 is 0 Å². The van der Waals surface area contributed by atoms with Gasteiger partial charge in [-0.3, -0.25) is 9.78 Å². The SMILES string of the molecule is CC(C)=CCCNC(=O)c1ccncc1C(F)(F)F. The van der Waals surface area contributed by atoms with Gasteiger partial charge in [0, 0.05) is 18.9 Å². The summed E-state index contributed by atoms with van der Waals surface area (Å²) < 4.78 is 38.0. The van der Waals surface area contributed by atoms with Crippen molar-refractivity contribution in [2.75, 3.05) is 6.54 Å². The van der Waals surface area contributed by atoms with Crippen LogP contribution in [0.2, 0.25) is 0 Å². The molecule has 0 atom stereocenters. The first-order valence-corrected chi connectivity index (χ1v) is 5.75. The molecule has 104 valence electrons. The predicted molar refractivity (Wildman–Crippen MR) is 65.6 cm³/mol. The van der Waals surface area contributed by atoms with Crippen LogP contribution in [0.15, 0.2) is 30.1 Å². The Balaban J connectivity index is 2.75. The molecule has 0 aliphatic carbocycles. The Hall–Kier alpha value is -1.85. The van der Waals surface area contributed by atoms with Gasteiger partial charge in [0.2, 0.25) is 0 Å². The van der Waals surface area contributed by atoms with Gasteiger partial charge in [0.25, 0.3) is 5.91 Å². The van der Waals surface area contributed by atoms with Crippen molar-refractivity contribution in [3.63, 3.8) is 0 Å². The number of nitrogens with zero attached hydrogens (tertiary/aromatic N) is 1. The van der Waals surface area contributed by atoms with Crippen molar-refractivity contribution in [3.05, 3.63) is 41.2 Å². The molecule has 0 aromatic carbocycles. The van der Waals surface area contributed by atoms with Gasteiger partial charge >= 0.3 is 6.18 Å². The minimum atomic E-state index is -4.58. The molecular formula is C13H15F3N2O. The number of halogens is 3. The fourth-order valence-corrected chi connectivity index (χ4v) is 1.46. The second-order valence-corrected chi connectivity index (χ2v) is 4.25. The van der Waals surface area contributed by atoms with E-state index in [2.05, 4.69) is 10.3 Å². The molecule has 3 nitrogen and oxygen atoms in total. The molecule has 0 spiro atoms. The Morgan fingerprint density at radius 2 is 2.11 bits per heavy atom. The number of nitrogens with one attached hydrogen (secondary N) is 1. The van der Waals surface area contributed by atoms with Crippen LogP contribution < -0.4 is 5.32 Å². The van der Waals surface area contributed by atoms with Gasteiger partial charge in [-0.1, -0.05) is 11.6 Å². The van der Waals surface area contributed by atoms with Crippen LogP contribution in [-0.2, 0) is 6.18 Å². The van der Waals surface area contributed by atoms with E-state index in [1.54, 1.807) is 0 Å². The van der Waals surface area contributed by atoms with Gasteiger partial charge < -0.3 is 5.32 Å². The topological polar surface area (TPSA) is 42.0 Å². The van der Waals surface area contributed by atoms with Gasteiger partial charge in [0.15, 0.2) is 0 Å². The van der Waals surface area contributed by atoms with Crippen LogP contribution in [0.25, 0.3) is 0 Å². The molecule has 0 aliphatic rings. The molecule has 6 heteroatoms. The number of hydrogen-bond donors (Lipinski definition) is 1. The molecule has 0 saturated heterocycles. The Morgan fingerprint density at radius 1 is 1.42 bits per heavy atom. The first-order valence-electron chi connectivity index (χ1n) is 5.75. The van der Waals surface area contributed by atoms with E-state index in [4.69, 9.17) is 0 Å². The molecule has 1 amide bonds. The third-order valence-electron chi connectivity index (χ3n) is 2.35. The van der Waals surface area contributed by atoms with E-state index in [0.717, 1.165) is 11.6 Å². The zero-order valence-corrected chi connectivity index (χ0v) is 10.7. The standard InChI is InChI=1S/C13H15F3N2O/c1-9(2)4-3-6-18-12(19)10-5-7-17-8-11(10)13(14,15)16/h4-5,7-8H,3,6H2,1-2H3,(H,18,19). The Kier molecular flexibility index (Phi) is 5.09. The lowest BCUT2D eigenvalue weighted by Gasteiger charge is -2.11. The van der Waals surface area contributed by atoms with E-state index in [1.807, 2.05) is 19.9 Å². The molecule has 1 N–H and O–H groups in total. The monoisotopic (exact) mass is 272 g/mol. The fourth-order valence-electron chi connectivity index (χ4n) is 1.46. The Labute approximate surface area is 109 Å². The number of aromatic nitrogens is 1.